The SMILES string of the molecule is CCCc1cc(C(N)=S)ccc1OCCCOc1ccc2c(ccn2C(C)C(=O)O)c1. The van der Waals surface area contributed by atoms with E-state index < -0.39 is 12.0 Å². The predicted octanol–water partition coefficient (Wildman–Crippen LogP) is 4.72. The fraction of sp³-hybridized carbons (Fsp3) is 0.333. The third-order valence-electron chi connectivity index (χ3n) is 5.15. The largest absolute Gasteiger partial charge is 0.493 e. The number of nitrogens with zero attached hydrogens (tertiary/aromatic N) is 1. The van der Waals surface area contributed by atoms with Crippen molar-refractivity contribution in [1.29, 1.82) is 0 Å². The molecule has 31 heavy (non-hydrogen) atoms. The van der Waals surface area contributed by atoms with E-state index in [9.17, 15) is 9.90 Å². The van der Waals surface area contributed by atoms with Crippen molar-refractivity contribution >= 4 is 34.1 Å². The van der Waals surface area contributed by atoms with E-state index >= 15 is 0 Å². The lowest BCUT2D eigenvalue weighted by atomic mass is 10.1. The van der Waals surface area contributed by atoms with Crippen molar-refractivity contribution in [3.05, 3.63) is 59.8 Å². The number of aryl methyl sites for hydroxylation is 1. The molecule has 3 rings (SSSR count). The number of aliphatic carboxylic acids is 1. The molecule has 3 aromatic rings. The summed E-state index contributed by atoms with van der Waals surface area (Å²) >= 11 is 5.07. The molecular formula is C24H28N2O4S. The van der Waals surface area contributed by atoms with Gasteiger partial charge in [0.05, 0.1) is 13.2 Å². The molecule has 0 fully saturated rings. The van der Waals surface area contributed by atoms with Crippen LogP contribution in [0.25, 0.3) is 10.9 Å². The molecule has 1 atom stereocenters. The van der Waals surface area contributed by atoms with Crippen molar-refractivity contribution in [3.63, 3.8) is 0 Å². The van der Waals surface area contributed by atoms with Gasteiger partial charge in [0, 0.05) is 29.1 Å². The van der Waals surface area contributed by atoms with Gasteiger partial charge in [0.15, 0.2) is 0 Å². The maximum atomic E-state index is 11.2. The van der Waals surface area contributed by atoms with Crippen molar-refractivity contribution in [3.8, 4) is 11.5 Å². The van der Waals surface area contributed by atoms with Crippen molar-refractivity contribution in [2.75, 3.05) is 13.2 Å². The van der Waals surface area contributed by atoms with Gasteiger partial charge in [0.1, 0.15) is 22.5 Å². The number of nitrogens with two attached hydrogens (primary N) is 1. The van der Waals surface area contributed by atoms with Gasteiger partial charge in [-0.1, -0.05) is 25.6 Å². The van der Waals surface area contributed by atoms with E-state index in [0.717, 1.165) is 52.8 Å². The van der Waals surface area contributed by atoms with Crippen LogP contribution in [-0.2, 0) is 11.2 Å². The topological polar surface area (TPSA) is 86.7 Å². The standard InChI is InChI=1S/C24H28N2O4S/c1-3-5-18-14-19(23(25)31)6-9-22(18)30-13-4-12-29-20-7-8-21-17(15-20)10-11-26(21)16(2)24(27)28/h6-11,14-16H,3-5,12-13H2,1-2H3,(H2,25,31)(H,27,28). The van der Waals surface area contributed by atoms with Gasteiger partial charge in [0.25, 0.3) is 0 Å². The molecule has 0 aliphatic carbocycles. The minimum Gasteiger partial charge on any atom is -0.493 e. The average Bonchev–Trinajstić information content (AvgIpc) is 3.17. The number of thiocarbonyl (C=S) groups is 1. The maximum absolute atomic E-state index is 11.2. The van der Waals surface area contributed by atoms with Gasteiger partial charge in [-0.15, -0.1) is 0 Å². The quantitative estimate of drug-likeness (QED) is 0.331. The molecule has 6 nitrogen and oxygen atoms in total. The number of carboxylic acids is 1. The number of fused-ring (bicyclic) bond motifs is 1. The molecule has 0 spiro atoms. The fourth-order valence-electron chi connectivity index (χ4n) is 3.46. The number of carboxylic acid groups (broad SMARTS) is 1. The molecule has 3 N–H and O–H groups in total. The van der Waals surface area contributed by atoms with Gasteiger partial charge in [-0.2, -0.15) is 0 Å². The maximum Gasteiger partial charge on any atom is 0.326 e. The molecule has 1 heterocycles. The van der Waals surface area contributed by atoms with E-state index in [4.69, 9.17) is 27.4 Å². The zero-order chi connectivity index (χ0) is 22.4. The lowest BCUT2D eigenvalue weighted by Crippen LogP contribution is -2.14. The predicted molar refractivity (Wildman–Crippen MR) is 126 cm³/mol. The second kappa shape index (κ2) is 10.3. The molecule has 0 saturated heterocycles. The van der Waals surface area contributed by atoms with Crippen LogP contribution in [0.4, 0.5) is 0 Å². The van der Waals surface area contributed by atoms with Crippen LogP contribution in [0.3, 0.4) is 0 Å². The first-order valence-electron chi connectivity index (χ1n) is 10.4. The van der Waals surface area contributed by atoms with E-state index in [1.807, 2.05) is 42.5 Å². The molecule has 1 aromatic heterocycles. The van der Waals surface area contributed by atoms with Crippen LogP contribution in [-0.4, -0.2) is 33.8 Å². The molecule has 7 heteroatoms. The van der Waals surface area contributed by atoms with E-state index in [-0.39, 0.29) is 0 Å². The summed E-state index contributed by atoms with van der Waals surface area (Å²) in [6, 6.07) is 12.8. The third kappa shape index (κ3) is 5.55. The fourth-order valence-corrected chi connectivity index (χ4v) is 3.58. The van der Waals surface area contributed by atoms with Crippen LogP contribution >= 0.6 is 12.2 Å². The second-order valence-corrected chi connectivity index (χ2v) is 7.88. The van der Waals surface area contributed by atoms with Crippen molar-refractivity contribution < 1.29 is 19.4 Å². The summed E-state index contributed by atoms with van der Waals surface area (Å²) in [5, 5.41) is 10.2. The number of benzene rings is 2. The summed E-state index contributed by atoms with van der Waals surface area (Å²) in [4.78, 5) is 11.6. The molecule has 0 radical (unpaired) electrons. The highest BCUT2D eigenvalue weighted by molar-refractivity contribution is 7.80. The minimum absolute atomic E-state index is 0.391. The summed E-state index contributed by atoms with van der Waals surface area (Å²) in [5.41, 5.74) is 8.57. The number of ether oxygens (including phenoxy) is 2. The van der Waals surface area contributed by atoms with Crippen molar-refractivity contribution in [2.24, 2.45) is 5.73 Å². The molecule has 1 unspecified atom stereocenters. The van der Waals surface area contributed by atoms with Gasteiger partial charge >= 0.3 is 5.97 Å². The molecule has 0 aliphatic heterocycles. The first-order chi connectivity index (χ1) is 14.9. The molecule has 164 valence electrons. The number of rotatable bonds is 11. The van der Waals surface area contributed by atoms with Crippen LogP contribution in [0, 0.1) is 0 Å². The molecule has 2 aromatic carbocycles. The third-order valence-corrected chi connectivity index (χ3v) is 5.38. The van der Waals surface area contributed by atoms with Crippen LogP contribution in [0.15, 0.2) is 48.7 Å². The average molecular weight is 441 g/mol. The second-order valence-electron chi connectivity index (χ2n) is 7.45. The summed E-state index contributed by atoms with van der Waals surface area (Å²) in [6.45, 7) is 4.85. The van der Waals surface area contributed by atoms with Gasteiger partial charge in [-0.05, 0) is 61.4 Å². The van der Waals surface area contributed by atoms with Crippen LogP contribution in [0.2, 0.25) is 0 Å². The number of hydrogen-bond donors (Lipinski definition) is 2. The minimum atomic E-state index is -0.861. The summed E-state index contributed by atoms with van der Waals surface area (Å²) in [6.07, 6.45) is 4.44. The Kier molecular flexibility index (Phi) is 7.52. The van der Waals surface area contributed by atoms with Crippen molar-refractivity contribution in [1.82, 2.24) is 4.57 Å². The number of hydrogen-bond acceptors (Lipinski definition) is 4. The monoisotopic (exact) mass is 440 g/mol. The summed E-state index contributed by atoms with van der Waals surface area (Å²) < 4.78 is 13.6. The van der Waals surface area contributed by atoms with E-state index in [1.54, 1.807) is 17.7 Å². The van der Waals surface area contributed by atoms with E-state index in [0.29, 0.717) is 18.2 Å². The van der Waals surface area contributed by atoms with E-state index in [2.05, 4.69) is 6.92 Å². The molecule has 0 amide bonds. The zero-order valence-corrected chi connectivity index (χ0v) is 18.7. The molecule has 0 saturated carbocycles. The van der Waals surface area contributed by atoms with Crippen molar-refractivity contribution in [2.45, 2.75) is 39.2 Å². The first-order valence-corrected chi connectivity index (χ1v) is 10.8. The Morgan fingerprint density at radius 3 is 2.65 bits per heavy atom. The molecule has 0 aliphatic rings. The Bertz CT molecular complexity index is 1080. The van der Waals surface area contributed by atoms with Crippen LogP contribution < -0.4 is 15.2 Å². The number of aromatic nitrogens is 1. The Morgan fingerprint density at radius 1 is 1.16 bits per heavy atom. The van der Waals surface area contributed by atoms with Gasteiger partial charge in [0.2, 0.25) is 0 Å². The zero-order valence-electron chi connectivity index (χ0n) is 17.8. The van der Waals surface area contributed by atoms with Gasteiger partial charge in [-0.25, -0.2) is 4.79 Å². The van der Waals surface area contributed by atoms with Gasteiger partial charge in [-0.3, -0.25) is 0 Å². The lowest BCUT2D eigenvalue weighted by molar-refractivity contribution is -0.140. The van der Waals surface area contributed by atoms with Crippen LogP contribution in [0.1, 0.15) is 43.9 Å². The Hall–Kier alpha value is -3.06. The highest BCUT2D eigenvalue weighted by atomic mass is 32.1. The van der Waals surface area contributed by atoms with E-state index in [1.165, 1.54) is 0 Å². The Morgan fingerprint density at radius 2 is 1.94 bits per heavy atom. The van der Waals surface area contributed by atoms with Crippen LogP contribution in [0.5, 0.6) is 11.5 Å². The number of carbonyl (C=O) groups is 1. The molecular weight excluding hydrogens is 412 g/mol. The highest BCUT2D eigenvalue weighted by Crippen LogP contribution is 2.25. The Balaban J connectivity index is 1.54. The molecule has 0 bridgehead atoms. The summed E-state index contributed by atoms with van der Waals surface area (Å²) in [5.74, 6) is 0.748. The lowest BCUT2D eigenvalue weighted by Gasteiger charge is -2.13. The smallest absolute Gasteiger partial charge is 0.326 e. The first kappa shape index (κ1) is 22.6. The summed E-state index contributed by atoms with van der Waals surface area (Å²) in [7, 11) is 0. The normalized spacial score (nSPS) is 11.9. The van der Waals surface area contributed by atoms with Gasteiger partial charge < -0.3 is 24.9 Å². The highest BCUT2D eigenvalue weighted by Gasteiger charge is 2.15. The Labute approximate surface area is 187 Å².